The van der Waals surface area contributed by atoms with Crippen LogP contribution in [0.1, 0.15) is 38.3 Å². The summed E-state index contributed by atoms with van der Waals surface area (Å²) in [6.07, 6.45) is 0.184. The van der Waals surface area contributed by atoms with Crippen molar-refractivity contribution in [3.05, 3.63) is 82.9 Å². The van der Waals surface area contributed by atoms with Crippen LogP contribution in [-0.4, -0.2) is 110 Å². The van der Waals surface area contributed by atoms with E-state index in [2.05, 4.69) is 5.32 Å². The maximum Gasteiger partial charge on any atom is 0.345 e. The molecule has 0 bridgehead atoms. The van der Waals surface area contributed by atoms with Gasteiger partial charge in [-0.15, -0.1) is 0 Å². The van der Waals surface area contributed by atoms with Crippen LogP contribution in [0.25, 0.3) is 21.8 Å². The lowest BCUT2D eigenvalue weighted by molar-refractivity contribution is -0.645. The molecule has 0 radical (unpaired) electrons. The Morgan fingerprint density at radius 2 is 1.21 bits per heavy atom. The van der Waals surface area contributed by atoms with Gasteiger partial charge in [0.25, 0.3) is 16.0 Å². The molecule has 4 N–H and O–H groups in total. The molecular weight excluding hydrogens is 706 g/mol. The molecule has 4 aromatic rings. The van der Waals surface area contributed by atoms with Crippen molar-refractivity contribution in [1.29, 1.82) is 0 Å². The fourth-order valence-corrected chi connectivity index (χ4v) is 6.27. The van der Waals surface area contributed by atoms with Crippen LogP contribution in [0, 0.1) is 13.8 Å². The molecule has 15 heteroatoms. The summed E-state index contributed by atoms with van der Waals surface area (Å²) in [4.78, 5) is 26.9. The number of nitrogens with two attached hydrogens (primary N) is 1. The number of rotatable bonds is 24. The Bertz CT molecular complexity index is 1840. The second-order valence-corrected chi connectivity index (χ2v) is 13.7. The lowest BCUT2D eigenvalue weighted by Gasteiger charge is -2.15. The standard InChI is InChI=1S/C38H49N3O11S/c1-28-26-30(37(42)40-13-16-48-18-20-50-22-24-51-23-21-49-19-17-47-15-12-39)27-29(2)36(28)52-38(43)35-31-8-3-5-10-33(31)41(14-7-25-53(44,45)46)34-11-6-4-9-32(34)35/h3-6,8-11,26-27H,7,12-25,39H2,1-2H3,(H-,40,42,44,45,46)/p+1. The summed E-state index contributed by atoms with van der Waals surface area (Å²) in [5, 5.41) is 4.12. The third-order valence-electron chi connectivity index (χ3n) is 8.12. The predicted molar refractivity (Wildman–Crippen MR) is 199 cm³/mol. The van der Waals surface area contributed by atoms with E-state index >= 15 is 0 Å². The van der Waals surface area contributed by atoms with Crippen molar-refractivity contribution in [1.82, 2.24) is 5.32 Å². The van der Waals surface area contributed by atoms with E-state index in [4.69, 9.17) is 34.2 Å². The SMILES string of the molecule is Cc1cc(C(=O)NCCOCCOCCOCCOCCOCCN)cc(C)c1OC(=O)c1c2ccccc2[n+](CCCS(=O)(=O)O)c2ccccc12. The van der Waals surface area contributed by atoms with Gasteiger partial charge >= 0.3 is 5.97 Å². The molecule has 0 fully saturated rings. The summed E-state index contributed by atoms with van der Waals surface area (Å²) in [5.74, 6) is -0.872. The van der Waals surface area contributed by atoms with Gasteiger partial charge in [0.05, 0.1) is 88.2 Å². The minimum atomic E-state index is -4.12. The first kappa shape index (κ1) is 41.7. The van der Waals surface area contributed by atoms with Gasteiger partial charge in [-0.25, -0.2) is 4.79 Å². The van der Waals surface area contributed by atoms with Crippen molar-refractivity contribution in [3.8, 4) is 5.75 Å². The number of nitrogens with zero attached hydrogens (tertiary/aromatic N) is 1. The minimum absolute atomic E-state index is 0.184. The number of para-hydroxylation sites is 2. The van der Waals surface area contributed by atoms with Crippen LogP contribution in [-0.2, 0) is 40.3 Å². The molecule has 0 aliphatic heterocycles. The third kappa shape index (κ3) is 13.1. The first-order valence-corrected chi connectivity index (χ1v) is 19.2. The number of carbonyl (C=O) groups excluding carboxylic acids is 2. The quantitative estimate of drug-likeness (QED) is 0.0237. The molecular formula is C38H50N3O11S+. The summed E-state index contributed by atoms with van der Waals surface area (Å²) in [5.41, 5.74) is 8.81. The van der Waals surface area contributed by atoms with Gasteiger partial charge in [0, 0.05) is 37.2 Å². The highest BCUT2D eigenvalue weighted by molar-refractivity contribution is 7.85. The minimum Gasteiger partial charge on any atom is -0.422 e. The van der Waals surface area contributed by atoms with Crippen molar-refractivity contribution in [2.24, 2.45) is 5.73 Å². The zero-order chi connectivity index (χ0) is 38.1. The maximum absolute atomic E-state index is 13.9. The van der Waals surface area contributed by atoms with Crippen LogP contribution in [0.2, 0.25) is 0 Å². The number of nitrogens with one attached hydrogen (secondary N) is 1. The molecule has 0 saturated heterocycles. The number of aromatic nitrogens is 1. The topological polar surface area (TPSA) is 186 Å². The fraction of sp³-hybridized carbons (Fsp3) is 0.447. The number of pyridine rings is 1. The second-order valence-electron chi connectivity index (χ2n) is 12.1. The molecule has 3 aromatic carbocycles. The lowest BCUT2D eigenvalue weighted by atomic mass is 10.0. The highest BCUT2D eigenvalue weighted by Crippen LogP contribution is 2.30. The molecule has 0 atom stereocenters. The van der Waals surface area contributed by atoms with Gasteiger partial charge in [-0.1, -0.05) is 24.3 Å². The molecule has 0 saturated carbocycles. The summed E-state index contributed by atoms with van der Waals surface area (Å²) >= 11 is 0. The summed E-state index contributed by atoms with van der Waals surface area (Å²) in [7, 11) is -4.12. The van der Waals surface area contributed by atoms with Crippen molar-refractivity contribution in [2.75, 3.05) is 84.9 Å². The van der Waals surface area contributed by atoms with Crippen molar-refractivity contribution >= 4 is 43.8 Å². The Labute approximate surface area is 310 Å². The molecule has 0 unspecified atom stereocenters. The van der Waals surface area contributed by atoms with Gasteiger partial charge in [-0.05, 0) is 49.2 Å². The molecule has 53 heavy (non-hydrogen) atoms. The molecule has 4 rings (SSSR count). The maximum atomic E-state index is 13.9. The van der Waals surface area contributed by atoms with E-state index in [9.17, 15) is 22.6 Å². The first-order valence-electron chi connectivity index (χ1n) is 17.6. The Hall–Kier alpha value is -4.06. The van der Waals surface area contributed by atoms with Crippen molar-refractivity contribution in [2.45, 2.75) is 26.8 Å². The van der Waals surface area contributed by atoms with E-state index < -0.39 is 16.1 Å². The van der Waals surface area contributed by atoms with E-state index in [0.29, 0.717) is 124 Å². The smallest absolute Gasteiger partial charge is 0.345 e. The molecule has 1 aromatic heterocycles. The Kier molecular flexibility index (Phi) is 17.0. The van der Waals surface area contributed by atoms with E-state index in [1.165, 1.54) is 0 Å². The summed E-state index contributed by atoms with van der Waals surface area (Å²) < 4.78 is 67.1. The van der Waals surface area contributed by atoms with Gasteiger partial charge < -0.3 is 39.5 Å². The van der Waals surface area contributed by atoms with E-state index in [-0.39, 0.29) is 18.1 Å². The van der Waals surface area contributed by atoms with Crippen LogP contribution in [0.3, 0.4) is 0 Å². The number of esters is 1. The van der Waals surface area contributed by atoms with E-state index in [1.807, 2.05) is 53.1 Å². The lowest BCUT2D eigenvalue weighted by Crippen LogP contribution is -2.37. The molecule has 288 valence electrons. The molecule has 1 heterocycles. The van der Waals surface area contributed by atoms with Crippen molar-refractivity contribution < 1.29 is 55.5 Å². The monoisotopic (exact) mass is 756 g/mol. The zero-order valence-corrected chi connectivity index (χ0v) is 31.2. The van der Waals surface area contributed by atoms with Crippen molar-refractivity contribution in [3.63, 3.8) is 0 Å². The normalized spacial score (nSPS) is 11.7. The van der Waals surface area contributed by atoms with E-state index in [0.717, 1.165) is 11.0 Å². The fourth-order valence-electron chi connectivity index (χ4n) is 5.77. The number of hydrogen-bond acceptors (Lipinski definition) is 11. The van der Waals surface area contributed by atoms with Crippen LogP contribution in [0.5, 0.6) is 5.75 Å². The third-order valence-corrected chi connectivity index (χ3v) is 8.92. The molecule has 0 spiro atoms. The zero-order valence-electron chi connectivity index (χ0n) is 30.3. The number of hydrogen-bond donors (Lipinski definition) is 3. The van der Waals surface area contributed by atoms with Gasteiger partial charge in [0.15, 0.2) is 6.54 Å². The average Bonchev–Trinajstić information content (AvgIpc) is 3.13. The number of amides is 1. The van der Waals surface area contributed by atoms with E-state index in [1.54, 1.807) is 26.0 Å². The molecule has 0 aliphatic rings. The summed E-state index contributed by atoms with van der Waals surface area (Å²) in [6, 6.07) is 18.0. The number of carbonyl (C=O) groups is 2. The van der Waals surface area contributed by atoms with Gasteiger partial charge in [-0.3, -0.25) is 9.35 Å². The van der Waals surface area contributed by atoms with Gasteiger partial charge in [0.1, 0.15) is 5.75 Å². The molecule has 0 aliphatic carbocycles. The largest absolute Gasteiger partial charge is 0.422 e. The second kappa shape index (κ2) is 21.6. The summed E-state index contributed by atoms with van der Waals surface area (Å²) in [6.45, 7) is 9.12. The molecule has 14 nitrogen and oxygen atoms in total. The Balaban J connectivity index is 1.26. The van der Waals surface area contributed by atoms with Crippen LogP contribution in [0.15, 0.2) is 60.7 Å². The van der Waals surface area contributed by atoms with Crippen LogP contribution in [0.4, 0.5) is 0 Å². The highest BCUT2D eigenvalue weighted by atomic mass is 32.2. The van der Waals surface area contributed by atoms with Crippen LogP contribution < -0.4 is 20.4 Å². The number of aryl methyl sites for hydroxylation is 3. The van der Waals surface area contributed by atoms with Gasteiger partial charge in [0.2, 0.25) is 11.0 Å². The number of fused-ring (bicyclic) bond motifs is 2. The molecule has 1 amide bonds. The van der Waals surface area contributed by atoms with Gasteiger partial charge in [-0.2, -0.15) is 13.0 Å². The first-order chi connectivity index (χ1) is 25.6. The Morgan fingerprint density at radius 1 is 0.736 bits per heavy atom. The van der Waals surface area contributed by atoms with Crippen LogP contribution >= 0.6 is 0 Å². The highest BCUT2D eigenvalue weighted by Gasteiger charge is 2.26. The average molecular weight is 757 g/mol. The number of benzene rings is 3. The Morgan fingerprint density at radius 3 is 1.70 bits per heavy atom. The predicted octanol–water partition coefficient (Wildman–Crippen LogP) is 3.17. The number of ether oxygens (including phenoxy) is 6.